The summed E-state index contributed by atoms with van der Waals surface area (Å²) in [4.78, 5) is 15.2. The molecule has 1 aliphatic rings. The monoisotopic (exact) mass is 360 g/mol. The number of amidine groups is 1. The molecule has 1 aromatic rings. The maximum absolute atomic E-state index is 11.1. The Bertz CT molecular complexity index is 752. The zero-order valence-electron chi connectivity index (χ0n) is 15.4. The van der Waals surface area contributed by atoms with Crippen LogP contribution in [0.2, 0.25) is 0 Å². The Morgan fingerprint density at radius 1 is 1.54 bits per heavy atom. The fourth-order valence-corrected chi connectivity index (χ4v) is 2.82. The molecule has 0 bridgehead atoms. The highest BCUT2D eigenvalue weighted by Crippen LogP contribution is 2.43. The lowest BCUT2D eigenvalue weighted by molar-refractivity contribution is -0.385. The van der Waals surface area contributed by atoms with Crippen LogP contribution in [-0.2, 0) is 0 Å². The van der Waals surface area contributed by atoms with Gasteiger partial charge in [-0.15, -0.1) is 0 Å². The number of nitriles is 1. The van der Waals surface area contributed by atoms with Gasteiger partial charge in [-0.05, 0) is 32.3 Å². The third-order valence-corrected chi connectivity index (χ3v) is 4.36. The first kappa shape index (κ1) is 19.7. The number of benzene rings is 1. The van der Waals surface area contributed by atoms with Crippen molar-refractivity contribution in [2.24, 2.45) is 10.9 Å². The van der Waals surface area contributed by atoms with E-state index in [-0.39, 0.29) is 5.69 Å². The van der Waals surface area contributed by atoms with Crippen molar-refractivity contribution in [3.8, 4) is 11.9 Å². The number of hydrogen-bond acceptors (Lipinski definition) is 6. The second-order valence-electron chi connectivity index (χ2n) is 7.32. The van der Waals surface area contributed by atoms with E-state index in [4.69, 9.17) is 10.00 Å². The molecule has 2 N–H and O–H groups in total. The summed E-state index contributed by atoms with van der Waals surface area (Å²) in [6.07, 6.45) is 2.21. The van der Waals surface area contributed by atoms with Crippen LogP contribution in [0.15, 0.2) is 23.2 Å². The smallest absolute Gasteiger partial charge is 0.270 e. The summed E-state index contributed by atoms with van der Waals surface area (Å²) in [7, 11) is 0. The number of ether oxygens (including phenoxy) is 1. The number of non-ortho nitro benzene ring substituents is 1. The summed E-state index contributed by atoms with van der Waals surface area (Å²) in [5.41, 5.74) is -0.586. The van der Waals surface area contributed by atoms with E-state index in [1.54, 1.807) is 13.8 Å². The van der Waals surface area contributed by atoms with Crippen molar-refractivity contribution in [2.45, 2.75) is 58.3 Å². The highest BCUT2D eigenvalue weighted by Gasteiger charge is 2.43. The number of nitrogens with zero attached hydrogens (tertiary/aromatic N) is 3. The van der Waals surface area contributed by atoms with Crippen LogP contribution in [0.3, 0.4) is 0 Å². The largest absolute Gasteiger partial charge is 0.485 e. The van der Waals surface area contributed by atoms with E-state index in [1.807, 2.05) is 6.19 Å². The third-order valence-electron chi connectivity index (χ3n) is 4.36. The second-order valence-corrected chi connectivity index (χ2v) is 7.32. The molecule has 0 saturated heterocycles. The van der Waals surface area contributed by atoms with Gasteiger partial charge in [0.15, 0.2) is 6.19 Å². The van der Waals surface area contributed by atoms with Crippen molar-refractivity contribution in [1.82, 2.24) is 5.32 Å². The van der Waals surface area contributed by atoms with Crippen molar-refractivity contribution in [1.29, 1.82) is 5.26 Å². The molecule has 0 amide bonds. The predicted molar refractivity (Wildman–Crippen MR) is 96.8 cm³/mol. The molecular formula is C18H24N4O4. The minimum absolute atomic E-state index is 0.101. The summed E-state index contributed by atoms with van der Waals surface area (Å²) in [5.74, 6) is 1.31. The minimum Gasteiger partial charge on any atom is -0.485 e. The van der Waals surface area contributed by atoms with Gasteiger partial charge in [-0.3, -0.25) is 20.4 Å². The van der Waals surface area contributed by atoms with Gasteiger partial charge < -0.3 is 9.84 Å². The molecule has 0 spiro atoms. The number of nitro groups is 1. The van der Waals surface area contributed by atoms with Crippen molar-refractivity contribution >= 4 is 11.5 Å². The lowest BCUT2D eigenvalue weighted by Crippen LogP contribution is -2.48. The first-order valence-electron chi connectivity index (χ1n) is 8.53. The Hall–Kier alpha value is -2.66. The standard InChI is InChI=1S/C18H24N4O4/c1-11(2)5-8-15(20-10-19)21-16-13-9-12(22(24)25)6-7-14(13)26-18(3,4)17(16)23/h6-7,9,11,16-17,23H,5,8H2,1-4H3,(H,20,21)/t16-,17+/m1/s1. The Kier molecular flexibility index (Phi) is 5.83. The fraction of sp³-hybridized carbons (Fsp3) is 0.556. The molecule has 0 fully saturated rings. The molecular weight excluding hydrogens is 336 g/mol. The van der Waals surface area contributed by atoms with Crippen molar-refractivity contribution in [3.05, 3.63) is 33.9 Å². The maximum atomic E-state index is 11.1. The molecule has 2 atom stereocenters. The van der Waals surface area contributed by atoms with E-state index in [0.29, 0.717) is 29.5 Å². The summed E-state index contributed by atoms with van der Waals surface area (Å²) >= 11 is 0. The van der Waals surface area contributed by atoms with Crippen LogP contribution >= 0.6 is 0 Å². The van der Waals surface area contributed by atoms with Gasteiger partial charge in [0.1, 0.15) is 29.3 Å². The van der Waals surface area contributed by atoms with Crippen molar-refractivity contribution < 1.29 is 14.8 Å². The molecule has 2 rings (SSSR count). The Morgan fingerprint density at radius 2 is 2.23 bits per heavy atom. The predicted octanol–water partition coefficient (Wildman–Crippen LogP) is 3.07. The lowest BCUT2D eigenvalue weighted by atomic mass is 9.86. The number of aliphatic imine (C=N–C) groups is 1. The summed E-state index contributed by atoms with van der Waals surface area (Å²) in [6.45, 7) is 7.59. The number of rotatable bonds is 5. The molecule has 8 heteroatoms. The van der Waals surface area contributed by atoms with Gasteiger partial charge in [-0.2, -0.15) is 5.26 Å². The fourth-order valence-electron chi connectivity index (χ4n) is 2.82. The van der Waals surface area contributed by atoms with E-state index in [2.05, 4.69) is 24.2 Å². The first-order chi connectivity index (χ1) is 12.2. The Balaban J connectivity index is 2.50. The van der Waals surface area contributed by atoms with Crippen LogP contribution in [-0.4, -0.2) is 27.6 Å². The second kappa shape index (κ2) is 7.70. The molecule has 0 unspecified atom stereocenters. The number of fused-ring (bicyclic) bond motifs is 1. The first-order valence-corrected chi connectivity index (χ1v) is 8.53. The minimum atomic E-state index is -1.02. The van der Waals surface area contributed by atoms with Crippen LogP contribution in [0, 0.1) is 27.5 Å². The van der Waals surface area contributed by atoms with Crippen LogP contribution in [0.25, 0.3) is 0 Å². The van der Waals surface area contributed by atoms with Crippen LogP contribution in [0.1, 0.15) is 52.1 Å². The maximum Gasteiger partial charge on any atom is 0.270 e. The molecule has 26 heavy (non-hydrogen) atoms. The van der Waals surface area contributed by atoms with Crippen molar-refractivity contribution in [3.63, 3.8) is 0 Å². The van der Waals surface area contributed by atoms with E-state index >= 15 is 0 Å². The quantitative estimate of drug-likeness (QED) is 0.208. The van der Waals surface area contributed by atoms with E-state index in [1.165, 1.54) is 18.2 Å². The summed E-state index contributed by atoms with van der Waals surface area (Å²) < 4.78 is 5.81. The van der Waals surface area contributed by atoms with E-state index in [0.717, 1.165) is 6.42 Å². The number of hydrogen-bond donors (Lipinski definition) is 2. The Labute approximate surface area is 152 Å². The molecule has 1 heterocycles. The third kappa shape index (κ3) is 4.29. The number of nitrogens with one attached hydrogen (secondary N) is 1. The zero-order chi connectivity index (χ0) is 19.5. The van der Waals surface area contributed by atoms with Crippen LogP contribution < -0.4 is 10.1 Å². The molecule has 0 radical (unpaired) electrons. The normalized spacial score (nSPS) is 21.5. The van der Waals surface area contributed by atoms with Crippen molar-refractivity contribution in [2.75, 3.05) is 0 Å². The zero-order valence-corrected chi connectivity index (χ0v) is 15.4. The molecule has 1 aliphatic heterocycles. The topological polar surface area (TPSA) is 121 Å². The van der Waals surface area contributed by atoms with Gasteiger partial charge in [0.2, 0.25) is 0 Å². The van der Waals surface area contributed by atoms with Gasteiger partial charge in [-0.1, -0.05) is 13.8 Å². The number of aliphatic hydroxyl groups is 1. The average molecular weight is 360 g/mol. The molecule has 1 aromatic carbocycles. The Morgan fingerprint density at radius 3 is 2.81 bits per heavy atom. The molecule has 0 saturated carbocycles. The van der Waals surface area contributed by atoms with Gasteiger partial charge >= 0.3 is 0 Å². The van der Waals surface area contributed by atoms with Crippen LogP contribution in [0.4, 0.5) is 5.69 Å². The van der Waals surface area contributed by atoms with E-state index in [9.17, 15) is 15.2 Å². The molecule has 140 valence electrons. The highest BCUT2D eigenvalue weighted by atomic mass is 16.6. The summed E-state index contributed by atoms with van der Waals surface area (Å²) in [6, 6.07) is 3.49. The van der Waals surface area contributed by atoms with Crippen LogP contribution in [0.5, 0.6) is 5.75 Å². The lowest BCUT2D eigenvalue weighted by Gasteiger charge is -2.40. The summed E-state index contributed by atoms with van der Waals surface area (Å²) in [5, 5.41) is 33.4. The van der Waals surface area contributed by atoms with Gasteiger partial charge in [-0.25, -0.2) is 0 Å². The van der Waals surface area contributed by atoms with E-state index < -0.39 is 22.7 Å². The SMILES string of the molecule is CC(C)CCC(=N[C@@H]1c2cc([N+](=O)[O-])ccc2OC(C)(C)[C@H]1O)NC#N. The molecule has 8 nitrogen and oxygen atoms in total. The number of nitro benzene ring substituents is 1. The number of aliphatic hydroxyl groups excluding tert-OH is 1. The molecule has 0 aliphatic carbocycles. The van der Waals surface area contributed by atoms with Gasteiger partial charge in [0.05, 0.1) is 4.92 Å². The molecule has 0 aromatic heterocycles. The van der Waals surface area contributed by atoms with Gasteiger partial charge in [0, 0.05) is 24.1 Å². The van der Waals surface area contributed by atoms with Gasteiger partial charge in [0.25, 0.3) is 5.69 Å². The average Bonchev–Trinajstić information content (AvgIpc) is 2.55. The highest BCUT2D eigenvalue weighted by molar-refractivity contribution is 5.83.